The van der Waals surface area contributed by atoms with Crippen molar-refractivity contribution in [3.8, 4) is 0 Å². The first-order valence-electron chi connectivity index (χ1n) is 4.52. The summed E-state index contributed by atoms with van der Waals surface area (Å²) in [4.78, 5) is 11.1. The average molecular weight is 178 g/mol. The fourth-order valence-corrected chi connectivity index (χ4v) is 2.52. The Morgan fingerprint density at radius 1 is 1.62 bits per heavy atom. The van der Waals surface area contributed by atoms with Crippen molar-refractivity contribution in [2.75, 3.05) is 0 Å². The molecule has 1 aromatic heterocycles. The van der Waals surface area contributed by atoms with Gasteiger partial charge in [-0.3, -0.25) is 4.79 Å². The molecule has 0 bridgehead atoms. The van der Waals surface area contributed by atoms with Crippen molar-refractivity contribution in [3.05, 3.63) is 23.7 Å². The molecular formula is C10H10O3. The van der Waals surface area contributed by atoms with E-state index in [1.54, 1.807) is 12.3 Å². The van der Waals surface area contributed by atoms with E-state index >= 15 is 0 Å². The average Bonchev–Trinajstić information content (AvgIpc) is 2.49. The number of carbonyl (C=O) groups is 1. The quantitative estimate of drug-likeness (QED) is 0.713. The summed E-state index contributed by atoms with van der Waals surface area (Å²) >= 11 is 0. The number of rotatable bonds is 1. The zero-order chi connectivity index (χ0) is 9.05. The van der Waals surface area contributed by atoms with Crippen LogP contribution in [-0.4, -0.2) is 11.1 Å². The van der Waals surface area contributed by atoms with Gasteiger partial charge in [-0.15, -0.1) is 0 Å². The van der Waals surface area contributed by atoms with Gasteiger partial charge in [0.1, 0.15) is 5.76 Å². The van der Waals surface area contributed by atoms with Crippen molar-refractivity contribution in [3.63, 3.8) is 0 Å². The van der Waals surface area contributed by atoms with E-state index in [-0.39, 0.29) is 11.3 Å². The zero-order valence-electron chi connectivity index (χ0n) is 7.12. The van der Waals surface area contributed by atoms with E-state index in [1.807, 2.05) is 0 Å². The first-order chi connectivity index (χ1) is 6.23. The standard InChI is InChI=1S/C10H10O3/c11-9(12)8-6-1-4-13-7(6)5-10(8)2-3-10/h1,4,8H,2-3,5H2,(H,11,12). The lowest BCUT2D eigenvalue weighted by Gasteiger charge is -2.12. The Kier molecular flexibility index (Phi) is 1.09. The van der Waals surface area contributed by atoms with Crippen LogP contribution in [-0.2, 0) is 11.2 Å². The summed E-state index contributed by atoms with van der Waals surface area (Å²) in [5.41, 5.74) is 0.936. The van der Waals surface area contributed by atoms with Gasteiger partial charge in [-0.25, -0.2) is 0 Å². The Labute approximate surface area is 75.4 Å². The van der Waals surface area contributed by atoms with Crippen LogP contribution >= 0.6 is 0 Å². The highest BCUT2D eigenvalue weighted by atomic mass is 16.4. The number of hydrogen-bond donors (Lipinski definition) is 1. The molecule has 3 nitrogen and oxygen atoms in total. The molecule has 1 heterocycles. The van der Waals surface area contributed by atoms with Crippen LogP contribution in [0.1, 0.15) is 30.1 Å². The Bertz CT molecular complexity index is 373. The van der Waals surface area contributed by atoms with Gasteiger partial charge in [0.2, 0.25) is 0 Å². The normalized spacial score (nSPS) is 27.5. The SMILES string of the molecule is O=C(O)C1c2ccoc2CC12CC2. The number of fused-ring (bicyclic) bond motifs is 1. The summed E-state index contributed by atoms with van der Waals surface area (Å²) < 4.78 is 5.27. The number of carboxylic acid groups (broad SMARTS) is 1. The molecule has 0 saturated heterocycles. The number of aliphatic carboxylic acids is 1. The summed E-state index contributed by atoms with van der Waals surface area (Å²) in [6, 6.07) is 1.81. The second-order valence-corrected chi connectivity index (χ2v) is 4.11. The molecule has 1 spiro atoms. The summed E-state index contributed by atoms with van der Waals surface area (Å²) in [6.07, 6.45) is 4.49. The fraction of sp³-hybridized carbons (Fsp3) is 0.500. The monoisotopic (exact) mass is 178 g/mol. The maximum Gasteiger partial charge on any atom is 0.311 e. The summed E-state index contributed by atoms with van der Waals surface area (Å²) in [7, 11) is 0. The smallest absolute Gasteiger partial charge is 0.311 e. The molecule has 1 aromatic rings. The predicted molar refractivity (Wildman–Crippen MR) is 44.5 cm³/mol. The first-order valence-corrected chi connectivity index (χ1v) is 4.52. The Morgan fingerprint density at radius 2 is 2.38 bits per heavy atom. The maximum atomic E-state index is 11.1. The highest BCUT2D eigenvalue weighted by Gasteiger charge is 2.58. The van der Waals surface area contributed by atoms with Crippen LogP contribution in [0.15, 0.2) is 16.7 Å². The molecule has 3 rings (SSSR count). The van der Waals surface area contributed by atoms with Crippen molar-refractivity contribution in [2.45, 2.75) is 25.2 Å². The molecule has 0 aliphatic heterocycles. The van der Waals surface area contributed by atoms with Crippen LogP contribution < -0.4 is 0 Å². The zero-order valence-corrected chi connectivity index (χ0v) is 7.12. The highest BCUT2D eigenvalue weighted by Crippen LogP contribution is 2.63. The van der Waals surface area contributed by atoms with Crippen LogP contribution in [0.2, 0.25) is 0 Å². The largest absolute Gasteiger partial charge is 0.481 e. The van der Waals surface area contributed by atoms with Gasteiger partial charge < -0.3 is 9.52 Å². The summed E-state index contributed by atoms with van der Waals surface area (Å²) in [5.74, 6) is -0.108. The third-order valence-corrected chi connectivity index (χ3v) is 3.36. The molecule has 68 valence electrons. The molecule has 0 aromatic carbocycles. The maximum absolute atomic E-state index is 11.1. The van der Waals surface area contributed by atoms with Gasteiger partial charge in [-0.05, 0) is 24.3 Å². The minimum Gasteiger partial charge on any atom is -0.481 e. The Balaban J connectivity index is 2.11. The lowest BCUT2D eigenvalue weighted by molar-refractivity contribution is -0.140. The van der Waals surface area contributed by atoms with E-state index in [0.29, 0.717) is 0 Å². The lowest BCUT2D eigenvalue weighted by atomic mass is 9.90. The van der Waals surface area contributed by atoms with Gasteiger partial charge in [0.05, 0.1) is 12.2 Å². The molecule has 1 N–H and O–H groups in total. The van der Waals surface area contributed by atoms with E-state index in [9.17, 15) is 4.79 Å². The predicted octanol–water partition coefficient (Wildman–Crippen LogP) is 1.78. The van der Waals surface area contributed by atoms with Gasteiger partial charge in [0.25, 0.3) is 0 Å². The lowest BCUT2D eigenvalue weighted by Crippen LogP contribution is -2.18. The minimum atomic E-state index is -0.697. The number of furan rings is 1. The van der Waals surface area contributed by atoms with E-state index in [1.165, 1.54) is 0 Å². The van der Waals surface area contributed by atoms with Crippen LogP contribution in [0.5, 0.6) is 0 Å². The van der Waals surface area contributed by atoms with Gasteiger partial charge >= 0.3 is 5.97 Å². The first kappa shape index (κ1) is 7.18. The van der Waals surface area contributed by atoms with Crippen molar-refractivity contribution in [1.82, 2.24) is 0 Å². The Morgan fingerprint density at radius 3 is 3.00 bits per heavy atom. The van der Waals surface area contributed by atoms with E-state index in [4.69, 9.17) is 9.52 Å². The molecule has 3 heteroatoms. The molecule has 2 aliphatic rings. The molecule has 2 aliphatic carbocycles. The van der Waals surface area contributed by atoms with E-state index in [2.05, 4.69) is 0 Å². The van der Waals surface area contributed by atoms with Crippen molar-refractivity contribution in [2.24, 2.45) is 5.41 Å². The summed E-state index contributed by atoms with van der Waals surface area (Å²) in [6.45, 7) is 0. The van der Waals surface area contributed by atoms with Gasteiger partial charge in [-0.1, -0.05) is 0 Å². The molecule has 1 atom stereocenters. The van der Waals surface area contributed by atoms with Gasteiger partial charge in [-0.2, -0.15) is 0 Å². The molecule has 1 fully saturated rings. The number of hydrogen-bond acceptors (Lipinski definition) is 2. The highest BCUT2D eigenvalue weighted by molar-refractivity contribution is 5.79. The molecule has 1 saturated carbocycles. The van der Waals surface area contributed by atoms with E-state index in [0.717, 1.165) is 30.6 Å². The van der Waals surface area contributed by atoms with Gasteiger partial charge in [0.15, 0.2) is 0 Å². The molecule has 0 radical (unpaired) electrons. The van der Waals surface area contributed by atoms with Crippen LogP contribution in [0.3, 0.4) is 0 Å². The number of carboxylic acids is 1. The topological polar surface area (TPSA) is 50.4 Å². The van der Waals surface area contributed by atoms with Crippen molar-refractivity contribution >= 4 is 5.97 Å². The van der Waals surface area contributed by atoms with Gasteiger partial charge in [0, 0.05) is 12.0 Å². The second-order valence-electron chi connectivity index (χ2n) is 4.11. The third-order valence-electron chi connectivity index (χ3n) is 3.36. The van der Waals surface area contributed by atoms with Crippen molar-refractivity contribution in [1.29, 1.82) is 0 Å². The Hall–Kier alpha value is -1.25. The second kappa shape index (κ2) is 1.97. The third kappa shape index (κ3) is 0.767. The minimum absolute atomic E-state index is 0.0290. The fourth-order valence-electron chi connectivity index (χ4n) is 2.52. The van der Waals surface area contributed by atoms with Crippen LogP contribution in [0.4, 0.5) is 0 Å². The molecule has 0 amide bonds. The van der Waals surface area contributed by atoms with Crippen molar-refractivity contribution < 1.29 is 14.3 Å². The summed E-state index contributed by atoms with van der Waals surface area (Å²) in [5, 5.41) is 9.11. The van der Waals surface area contributed by atoms with Crippen LogP contribution in [0.25, 0.3) is 0 Å². The molecular weight excluding hydrogens is 168 g/mol. The molecule has 13 heavy (non-hydrogen) atoms. The van der Waals surface area contributed by atoms with Crippen LogP contribution in [0, 0.1) is 5.41 Å². The van der Waals surface area contributed by atoms with E-state index < -0.39 is 5.97 Å². The molecule has 1 unspecified atom stereocenters.